The Morgan fingerprint density at radius 3 is 2.71 bits per heavy atom. The van der Waals surface area contributed by atoms with Gasteiger partial charge in [0.05, 0.1) is 5.69 Å². The predicted octanol–water partition coefficient (Wildman–Crippen LogP) is 3.13. The highest BCUT2D eigenvalue weighted by atomic mass is 15.3. The summed E-state index contributed by atoms with van der Waals surface area (Å²) in [7, 11) is 0. The van der Waals surface area contributed by atoms with Crippen LogP contribution in [0.4, 0.5) is 0 Å². The van der Waals surface area contributed by atoms with Crippen LogP contribution in [0.5, 0.6) is 0 Å². The highest BCUT2D eigenvalue weighted by molar-refractivity contribution is 5.13. The minimum atomic E-state index is 0.234. The minimum Gasteiger partial charge on any atom is -0.308 e. The van der Waals surface area contributed by atoms with Crippen molar-refractivity contribution in [2.45, 2.75) is 64.6 Å². The molecule has 1 N–H and O–H groups in total. The fourth-order valence-corrected chi connectivity index (χ4v) is 3.63. The van der Waals surface area contributed by atoms with Crippen molar-refractivity contribution < 1.29 is 0 Å². The lowest BCUT2D eigenvalue weighted by Gasteiger charge is -2.52. The summed E-state index contributed by atoms with van der Waals surface area (Å²) in [5, 5.41) is 3.82. The summed E-state index contributed by atoms with van der Waals surface area (Å²) in [6.45, 7) is 12.4. The third-order valence-electron chi connectivity index (χ3n) is 5.67. The average molecular weight is 287 g/mol. The van der Waals surface area contributed by atoms with Gasteiger partial charge in [0.15, 0.2) is 0 Å². The van der Waals surface area contributed by atoms with Crippen LogP contribution in [-0.2, 0) is 6.54 Å². The Hall–Kier alpha value is -0.930. The van der Waals surface area contributed by atoms with Gasteiger partial charge >= 0.3 is 0 Å². The Bertz CT molecular complexity index is 511. The Balaban J connectivity index is 1.83. The number of nitrogens with one attached hydrogen (secondary N) is 1. The van der Waals surface area contributed by atoms with E-state index in [4.69, 9.17) is 4.98 Å². The van der Waals surface area contributed by atoms with E-state index < -0.39 is 0 Å². The molecule has 116 valence electrons. The van der Waals surface area contributed by atoms with E-state index in [1.54, 1.807) is 0 Å². The van der Waals surface area contributed by atoms with Crippen LogP contribution in [0, 0.1) is 12.8 Å². The maximum atomic E-state index is 4.72. The molecule has 2 aliphatic rings. The molecule has 0 radical (unpaired) electrons. The van der Waals surface area contributed by atoms with Crippen molar-refractivity contribution in [1.29, 1.82) is 0 Å². The smallest absolute Gasteiger partial charge is 0.0547 e. The molecule has 1 saturated carbocycles. The van der Waals surface area contributed by atoms with Gasteiger partial charge in [0.2, 0.25) is 0 Å². The molecule has 2 fully saturated rings. The monoisotopic (exact) mass is 287 g/mol. The van der Waals surface area contributed by atoms with Crippen molar-refractivity contribution in [3.8, 4) is 0 Å². The Morgan fingerprint density at radius 2 is 2.10 bits per heavy atom. The normalized spacial score (nSPS) is 34.1. The number of aryl methyl sites for hydroxylation is 1. The van der Waals surface area contributed by atoms with Gasteiger partial charge in [-0.2, -0.15) is 0 Å². The second-order valence-electron chi connectivity index (χ2n) is 7.53. The summed E-state index contributed by atoms with van der Waals surface area (Å²) in [6.07, 6.45) is 3.95. The van der Waals surface area contributed by atoms with Crippen molar-refractivity contribution in [3.63, 3.8) is 0 Å². The summed E-state index contributed by atoms with van der Waals surface area (Å²) in [6, 6.07) is 6.39. The maximum absolute atomic E-state index is 4.72. The first-order valence-electron chi connectivity index (χ1n) is 8.38. The highest BCUT2D eigenvalue weighted by Gasteiger charge is 2.50. The molecule has 3 heteroatoms. The molecule has 1 aliphatic carbocycles. The highest BCUT2D eigenvalue weighted by Crippen LogP contribution is 2.45. The molecule has 3 rings (SSSR count). The molecule has 1 saturated heterocycles. The van der Waals surface area contributed by atoms with E-state index in [1.807, 2.05) is 0 Å². The number of nitrogens with zero attached hydrogens (tertiary/aromatic N) is 2. The zero-order chi connectivity index (χ0) is 15.1. The predicted molar refractivity (Wildman–Crippen MR) is 87.2 cm³/mol. The standard InChI is InChI=1S/C18H29N3/c1-5-17(3)13-21(11-16-8-6-7-14(2)20-16)18(4,12-19-17)15-9-10-15/h6-8,15,19H,5,9-13H2,1-4H3. The molecule has 0 bridgehead atoms. The molecule has 2 atom stereocenters. The number of hydrogen-bond donors (Lipinski definition) is 1. The van der Waals surface area contributed by atoms with Gasteiger partial charge in [-0.05, 0) is 58.1 Å². The summed E-state index contributed by atoms with van der Waals surface area (Å²) < 4.78 is 0. The molecule has 1 aromatic heterocycles. The van der Waals surface area contributed by atoms with Crippen LogP contribution in [0.1, 0.15) is 51.4 Å². The second kappa shape index (κ2) is 5.36. The first kappa shape index (κ1) is 15.0. The second-order valence-corrected chi connectivity index (χ2v) is 7.53. The topological polar surface area (TPSA) is 28.2 Å². The molecule has 21 heavy (non-hydrogen) atoms. The molecular formula is C18H29N3. The Morgan fingerprint density at radius 1 is 1.33 bits per heavy atom. The van der Waals surface area contributed by atoms with Crippen molar-refractivity contribution in [3.05, 3.63) is 29.6 Å². The van der Waals surface area contributed by atoms with Crippen LogP contribution in [0.15, 0.2) is 18.2 Å². The van der Waals surface area contributed by atoms with Gasteiger partial charge < -0.3 is 5.32 Å². The quantitative estimate of drug-likeness (QED) is 0.922. The van der Waals surface area contributed by atoms with Crippen LogP contribution in [0.25, 0.3) is 0 Å². The van der Waals surface area contributed by atoms with Gasteiger partial charge in [0.1, 0.15) is 0 Å². The van der Waals surface area contributed by atoms with E-state index in [9.17, 15) is 0 Å². The minimum absolute atomic E-state index is 0.234. The maximum Gasteiger partial charge on any atom is 0.0547 e. The third-order valence-corrected chi connectivity index (χ3v) is 5.67. The van der Waals surface area contributed by atoms with Crippen molar-refractivity contribution in [2.24, 2.45) is 5.92 Å². The summed E-state index contributed by atoms with van der Waals surface area (Å²) in [4.78, 5) is 7.42. The zero-order valence-corrected chi connectivity index (χ0v) is 13.9. The molecule has 3 nitrogen and oxygen atoms in total. The third kappa shape index (κ3) is 3.00. The van der Waals surface area contributed by atoms with E-state index in [2.05, 4.69) is 56.1 Å². The number of rotatable bonds is 4. The molecule has 0 amide bonds. The molecule has 0 aromatic carbocycles. The van der Waals surface area contributed by atoms with Crippen LogP contribution in [0.2, 0.25) is 0 Å². The molecule has 1 aromatic rings. The van der Waals surface area contributed by atoms with Gasteiger partial charge in [0.25, 0.3) is 0 Å². The van der Waals surface area contributed by atoms with E-state index in [1.165, 1.54) is 25.0 Å². The summed E-state index contributed by atoms with van der Waals surface area (Å²) >= 11 is 0. The lowest BCUT2D eigenvalue weighted by atomic mass is 9.84. The average Bonchev–Trinajstić information content (AvgIpc) is 3.28. The van der Waals surface area contributed by atoms with Gasteiger partial charge in [0, 0.05) is 36.4 Å². The van der Waals surface area contributed by atoms with Gasteiger partial charge in [-0.25, -0.2) is 0 Å². The zero-order valence-electron chi connectivity index (χ0n) is 13.9. The van der Waals surface area contributed by atoms with Gasteiger partial charge in [-0.15, -0.1) is 0 Å². The van der Waals surface area contributed by atoms with E-state index in [0.29, 0.717) is 5.54 Å². The molecule has 1 aliphatic heterocycles. The Labute approximate surface area is 129 Å². The first-order valence-corrected chi connectivity index (χ1v) is 8.38. The van der Waals surface area contributed by atoms with Crippen LogP contribution in [-0.4, -0.2) is 34.1 Å². The van der Waals surface area contributed by atoms with Crippen molar-refractivity contribution >= 4 is 0 Å². The van der Waals surface area contributed by atoms with Crippen LogP contribution >= 0.6 is 0 Å². The van der Waals surface area contributed by atoms with Crippen LogP contribution in [0.3, 0.4) is 0 Å². The van der Waals surface area contributed by atoms with Crippen molar-refractivity contribution in [2.75, 3.05) is 13.1 Å². The number of pyridine rings is 1. The lowest BCUT2D eigenvalue weighted by Crippen LogP contribution is -2.68. The van der Waals surface area contributed by atoms with Crippen LogP contribution < -0.4 is 5.32 Å². The van der Waals surface area contributed by atoms with Crippen molar-refractivity contribution in [1.82, 2.24) is 15.2 Å². The largest absolute Gasteiger partial charge is 0.308 e. The van der Waals surface area contributed by atoms with E-state index >= 15 is 0 Å². The van der Waals surface area contributed by atoms with Gasteiger partial charge in [-0.1, -0.05) is 13.0 Å². The summed E-state index contributed by atoms with van der Waals surface area (Å²) in [5.74, 6) is 0.858. The fourth-order valence-electron chi connectivity index (χ4n) is 3.63. The Kier molecular flexibility index (Phi) is 3.83. The number of piperazine rings is 1. The SMILES string of the molecule is CCC1(C)CN(Cc2cccc(C)n2)C(C)(C2CC2)CN1. The molecular weight excluding hydrogens is 258 g/mol. The molecule has 0 spiro atoms. The number of hydrogen-bond acceptors (Lipinski definition) is 3. The van der Waals surface area contributed by atoms with Gasteiger partial charge in [-0.3, -0.25) is 9.88 Å². The molecule has 2 heterocycles. The lowest BCUT2D eigenvalue weighted by molar-refractivity contribution is -0.00220. The fraction of sp³-hybridized carbons (Fsp3) is 0.722. The first-order chi connectivity index (χ1) is 9.95. The molecule has 2 unspecified atom stereocenters. The summed E-state index contributed by atoms with van der Waals surface area (Å²) in [5.41, 5.74) is 2.86. The van der Waals surface area contributed by atoms with E-state index in [-0.39, 0.29) is 5.54 Å². The number of aromatic nitrogens is 1. The van der Waals surface area contributed by atoms with E-state index in [0.717, 1.165) is 31.2 Å².